The third-order valence-electron chi connectivity index (χ3n) is 8.85. The Morgan fingerprint density at radius 2 is 1.72 bits per heavy atom. The highest BCUT2D eigenvalue weighted by atomic mass is 32.1. The predicted molar refractivity (Wildman–Crippen MR) is 150 cm³/mol. The minimum absolute atomic E-state index is 0.0108. The molecule has 7 heteroatoms. The monoisotopic (exact) mass is 541 g/mol. The van der Waals surface area contributed by atoms with E-state index in [0.29, 0.717) is 12.3 Å². The van der Waals surface area contributed by atoms with Gasteiger partial charge in [-0.25, -0.2) is 9.37 Å². The highest BCUT2D eigenvalue weighted by Crippen LogP contribution is 2.51. The molecule has 3 aliphatic rings. The molecule has 2 saturated carbocycles. The lowest BCUT2D eigenvalue weighted by Crippen LogP contribution is -2.47. The van der Waals surface area contributed by atoms with Crippen LogP contribution in [0.1, 0.15) is 75.0 Å². The van der Waals surface area contributed by atoms with Crippen LogP contribution in [0, 0.1) is 28.5 Å². The lowest BCUT2D eigenvalue weighted by atomic mass is 9.73. The summed E-state index contributed by atoms with van der Waals surface area (Å²) in [4.78, 5) is 33.2. The summed E-state index contributed by atoms with van der Waals surface area (Å²) in [6.07, 6.45) is 5.79. The third kappa shape index (κ3) is 5.15. The number of ketones is 1. The normalized spacial score (nSPS) is 22.1. The molecular weight excluding hydrogens is 509 g/mol. The van der Waals surface area contributed by atoms with Crippen molar-refractivity contribution in [2.75, 3.05) is 13.1 Å². The molecule has 1 aliphatic heterocycles. The first-order valence-electron chi connectivity index (χ1n) is 13.9. The topological polar surface area (TPSA) is 74.1 Å². The zero-order valence-corrected chi connectivity index (χ0v) is 23.0. The Labute approximate surface area is 232 Å². The zero-order valence-electron chi connectivity index (χ0n) is 22.2. The summed E-state index contributed by atoms with van der Waals surface area (Å²) in [6, 6.07) is 17.4. The van der Waals surface area contributed by atoms with E-state index in [1.54, 1.807) is 30.4 Å². The van der Waals surface area contributed by atoms with Crippen LogP contribution >= 0.6 is 11.3 Å². The van der Waals surface area contributed by atoms with Crippen LogP contribution in [0.5, 0.6) is 0 Å². The number of hydrogen-bond acceptors (Lipinski definition) is 5. The van der Waals surface area contributed by atoms with Crippen LogP contribution in [-0.2, 0) is 9.59 Å². The fourth-order valence-corrected chi connectivity index (χ4v) is 7.29. The highest BCUT2D eigenvalue weighted by Gasteiger charge is 2.47. The third-order valence-corrected chi connectivity index (χ3v) is 10.0. The lowest BCUT2D eigenvalue weighted by molar-refractivity contribution is -0.133. The molecule has 0 unspecified atom stereocenters. The number of amides is 1. The maximum absolute atomic E-state index is 13.7. The molecule has 0 radical (unpaired) electrons. The van der Waals surface area contributed by atoms with Crippen molar-refractivity contribution < 1.29 is 14.0 Å². The van der Waals surface area contributed by atoms with E-state index in [1.165, 1.54) is 17.7 Å². The van der Waals surface area contributed by atoms with Gasteiger partial charge in [-0.3, -0.25) is 9.59 Å². The first-order chi connectivity index (χ1) is 18.9. The number of thiazole rings is 1. The van der Waals surface area contributed by atoms with E-state index in [0.717, 1.165) is 78.3 Å². The summed E-state index contributed by atoms with van der Waals surface area (Å²) in [6.45, 7) is 3.12. The molecule has 0 bridgehead atoms. The number of nitriles is 1. The van der Waals surface area contributed by atoms with Crippen molar-refractivity contribution in [1.82, 2.24) is 9.88 Å². The number of Topliss-reactive ketones (excluding diaryl/α,β-unsaturated/α-hetero) is 1. The number of likely N-dealkylation sites (tertiary alicyclic amines) is 1. The van der Waals surface area contributed by atoms with E-state index in [9.17, 15) is 19.2 Å². The summed E-state index contributed by atoms with van der Waals surface area (Å²) in [5.41, 5.74) is 3.66. The van der Waals surface area contributed by atoms with Crippen LogP contribution in [0.25, 0.3) is 21.0 Å². The Bertz CT molecular complexity index is 1430. The van der Waals surface area contributed by atoms with Gasteiger partial charge in [-0.1, -0.05) is 37.1 Å². The number of benzene rings is 2. The van der Waals surface area contributed by atoms with E-state index in [2.05, 4.69) is 30.3 Å². The number of carbonyl (C=O) groups is 2. The second-order valence-corrected chi connectivity index (χ2v) is 12.5. The molecule has 0 spiro atoms. The van der Waals surface area contributed by atoms with Gasteiger partial charge in [-0.05, 0) is 61.1 Å². The Balaban J connectivity index is 1.34. The molecule has 1 saturated heterocycles. The zero-order chi connectivity index (χ0) is 27.1. The highest BCUT2D eigenvalue weighted by molar-refractivity contribution is 7.18. The van der Waals surface area contributed by atoms with Gasteiger partial charge in [-0.15, -0.1) is 11.3 Å². The van der Waals surface area contributed by atoms with E-state index in [4.69, 9.17) is 4.98 Å². The molecule has 2 atom stereocenters. The molecule has 1 amide bonds. The first-order valence-corrected chi connectivity index (χ1v) is 14.7. The number of halogens is 1. The Hall–Kier alpha value is -3.37. The first kappa shape index (κ1) is 25.9. The van der Waals surface area contributed by atoms with Crippen molar-refractivity contribution >= 4 is 23.0 Å². The molecule has 2 heterocycles. The van der Waals surface area contributed by atoms with Crippen molar-refractivity contribution in [2.45, 2.75) is 63.7 Å². The number of hydrogen-bond donors (Lipinski definition) is 0. The molecular formula is C32H32FN3O2S. The average Bonchev–Trinajstić information content (AvgIpc) is 3.55. The van der Waals surface area contributed by atoms with Gasteiger partial charge in [0.05, 0.1) is 22.1 Å². The molecule has 1 aromatic heterocycles. The number of rotatable bonds is 7. The summed E-state index contributed by atoms with van der Waals surface area (Å²) in [7, 11) is 0. The van der Waals surface area contributed by atoms with Crippen LogP contribution in [0.15, 0.2) is 48.5 Å². The Morgan fingerprint density at radius 1 is 1.05 bits per heavy atom. The largest absolute Gasteiger partial charge is 0.342 e. The van der Waals surface area contributed by atoms with Crippen molar-refractivity contribution in [2.24, 2.45) is 11.3 Å². The fourth-order valence-electron chi connectivity index (χ4n) is 6.15. The van der Waals surface area contributed by atoms with Gasteiger partial charge in [0.25, 0.3) is 0 Å². The number of carbonyl (C=O) groups excluding carboxylic acids is 2. The van der Waals surface area contributed by atoms with Crippen LogP contribution in [0.3, 0.4) is 0 Å². The molecule has 5 nitrogen and oxygen atoms in total. The van der Waals surface area contributed by atoms with E-state index < -0.39 is 5.41 Å². The van der Waals surface area contributed by atoms with Gasteiger partial charge >= 0.3 is 0 Å². The Kier molecular flexibility index (Phi) is 6.84. The maximum atomic E-state index is 13.7. The molecule has 3 aromatic rings. The Morgan fingerprint density at radius 3 is 2.36 bits per heavy atom. The van der Waals surface area contributed by atoms with Crippen LogP contribution < -0.4 is 0 Å². The number of aromatic nitrogens is 1. The minimum Gasteiger partial charge on any atom is -0.342 e. The van der Waals surface area contributed by atoms with Crippen molar-refractivity contribution in [3.63, 3.8) is 0 Å². The second-order valence-electron chi connectivity index (χ2n) is 11.5. The molecule has 2 aromatic carbocycles. The quantitative estimate of drug-likeness (QED) is 0.320. The van der Waals surface area contributed by atoms with Gasteiger partial charge in [0.2, 0.25) is 5.91 Å². The fraction of sp³-hybridized carbons (Fsp3) is 0.438. The average molecular weight is 542 g/mol. The minimum atomic E-state index is -0.446. The maximum Gasteiger partial charge on any atom is 0.219 e. The van der Waals surface area contributed by atoms with E-state index in [1.807, 2.05) is 4.90 Å². The van der Waals surface area contributed by atoms with Crippen LogP contribution in [0.4, 0.5) is 4.39 Å². The van der Waals surface area contributed by atoms with Crippen LogP contribution in [0.2, 0.25) is 0 Å². The molecule has 3 fully saturated rings. The summed E-state index contributed by atoms with van der Waals surface area (Å²) in [5, 5.41) is 10.4. The SMILES string of the molecule is CC(=O)N1CC(c2ccc(-c3sc(-c4ccc(F)cc4)nc3[C@@H]3CCCC[C@H]3C(=O)CC3(C#N)CC3)cc2)C1. The lowest BCUT2D eigenvalue weighted by Gasteiger charge is -2.39. The van der Waals surface area contributed by atoms with E-state index >= 15 is 0 Å². The predicted octanol–water partition coefficient (Wildman–Crippen LogP) is 7.10. The van der Waals surface area contributed by atoms with E-state index in [-0.39, 0.29) is 29.3 Å². The summed E-state index contributed by atoms with van der Waals surface area (Å²) in [5.74, 6) is 0.278. The molecule has 2 aliphatic carbocycles. The summed E-state index contributed by atoms with van der Waals surface area (Å²) < 4.78 is 13.7. The second kappa shape index (κ2) is 10.3. The molecule has 6 rings (SSSR count). The van der Waals surface area contributed by atoms with Gasteiger partial charge in [0.1, 0.15) is 16.6 Å². The van der Waals surface area contributed by atoms with Crippen molar-refractivity contribution in [3.05, 3.63) is 65.6 Å². The molecule has 0 N–H and O–H groups in total. The standard InChI is InChI=1S/C32H32FN3O2S/c1-20(37)36-17-24(18-36)21-6-8-22(9-7-21)30-29(35-31(39-30)23-10-12-25(33)13-11-23)27-5-3-2-4-26(27)28(38)16-32(19-34)14-15-32/h6-13,24,26-27H,2-5,14-18H2,1H3/t26-,27-/m1/s1. The van der Waals surface area contributed by atoms with Gasteiger partial charge in [0, 0.05) is 49.8 Å². The van der Waals surface area contributed by atoms with Gasteiger partial charge in [0.15, 0.2) is 0 Å². The molecule has 200 valence electrons. The van der Waals surface area contributed by atoms with Crippen molar-refractivity contribution in [1.29, 1.82) is 5.26 Å². The smallest absolute Gasteiger partial charge is 0.219 e. The molecule has 39 heavy (non-hydrogen) atoms. The van der Waals surface area contributed by atoms with Gasteiger partial charge in [-0.2, -0.15) is 5.26 Å². The van der Waals surface area contributed by atoms with Crippen molar-refractivity contribution in [3.8, 4) is 27.1 Å². The summed E-state index contributed by atoms with van der Waals surface area (Å²) >= 11 is 1.60. The van der Waals surface area contributed by atoms with Gasteiger partial charge < -0.3 is 4.90 Å². The number of nitrogens with zero attached hydrogens (tertiary/aromatic N) is 3. The van der Waals surface area contributed by atoms with Crippen LogP contribution in [-0.4, -0.2) is 34.7 Å².